The van der Waals surface area contributed by atoms with E-state index in [9.17, 15) is 4.79 Å². The van der Waals surface area contributed by atoms with E-state index in [1.807, 2.05) is 55.5 Å². The number of carbonyl (C=O) groups excluding carboxylic acids is 1. The van der Waals surface area contributed by atoms with Gasteiger partial charge in [0.05, 0.1) is 7.11 Å². The Labute approximate surface area is 149 Å². The van der Waals surface area contributed by atoms with Crippen LogP contribution in [-0.2, 0) is 11.2 Å². The lowest BCUT2D eigenvalue weighted by atomic mass is 10.1. The van der Waals surface area contributed by atoms with Gasteiger partial charge in [-0.05, 0) is 43.0 Å². The molecule has 0 heterocycles. The quantitative estimate of drug-likeness (QED) is 0.706. The van der Waals surface area contributed by atoms with Gasteiger partial charge < -0.3 is 14.8 Å². The molecule has 0 bridgehead atoms. The van der Waals surface area contributed by atoms with Crippen LogP contribution >= 0.6 is 0 Å². The van der Waals surface area contributed by atoms with E-state index in [0.29, 0.717) is 18.0 Å². The molecule has 0 saturated heterocycles. The fourth-order valence-electron chi connectivity index (χ4n) is 2.46. The Bertz CT molecular complexity index is 696. The van der Waals surface area contributed by atoms with Crippen molar-refractivity contribution in [2.24, 2.45) is 0 Å². The second-order valence-corrected chi connectivity index (χ2v) is 5.64. The Kier molecular flexibility index (Phi) is 7.57. The first-order valence-corrected chi connectivity index (χ1v) is 8.47. The molecule has 0 unspecified atom stereocenters. The van der Waals surface area contributed by atoms with E-state index in [0.717, 1.165) is 18.4 Å². The Morgan fingerprint density at radius 2 is 1.92 bits per heavy atom. The first kappa shape index (κ1) is 18.6. The van der Waals surface area contributed by atoms with Gasteiger partial charge in [-0.3, -0.25) is 4.79 Å². The van der Waals surface area contributed by atoms with Crippen molar-refractivity contribution in [2.75, 3.05) is 20.3 Å². The zero-order valence-corrected chi connectivity index (χ0v) is 14.8. The third kappa shape index (κ3) is 6.34. The summed E-state index contributed by atoms with van der Waals surface area (Å²) in [7, 11) is 1.59. The van der Waals surface area contributed by atoms with Gasteiger partial charge in [0.1, 0.15) is 0 Å². The lowest BCUT2D eigenvalue weighted by Gasteiger charge is -2.11. The number of hydrogen-bond donors (Lipinski definition) is 1. The van der Waals surface area contributed by atoms with Crippen LogP contribution in [0.5, 0.6) is 11.5 Å². The van der Waals surface area contributed by atoms with Crippen LogP contribution in [0.3, 0.4) is 0 Å². The molecular formula is C21H25NO3. The van der Waals surface area contributed by atoms with Crippen molar-refractivity contribution in [3.05, 3.63) is 65.7 Å². The molecule has 0 radical (unpaired) electrons. The normalized spacial score (nSPS) is 10.6. The maximum atomic E-state index is 11.9. The van der Waals surface area contributed by atoms with E-state index < -0.39 is 0 Å². The van der Waals surface area contributed by atoms with Crippen LogP contribution in [0.15, 0.2) is 54.6 Å². The van der Waals surface area contributed by atoms with Gasteiger partial charge in [-0.25, -0.2) is 0 Å². The average Bonchev–Trinajstić information content (AvgIpc) is 2.65. The summed E-state index contributed by atoms with van der Waals surface area (Å²) in [6.45, 7) is 2.57. The molecule has 4 heteroatoms. The van der Waals surface area contributed by atoms with E-state index in [1.54, 1.807) is 7.11 Å². The zero-order valence-electron chi connectivity index (χ0n) is 14.8. The van der Waals surface area contributed by atoms with Gasteiger partial charge in [-0.15, -0.1) is 0 Å². The SMILES string of the molecule is CC=Cc1ccc(OCC(=O)NCCCc2ccccc2)c(OC)c1. The van der Waals surface area contributed by atoms with Crippen LogP contribution in [0.4, 0.5) is 0 Å². The summed E-state index contributed by atoms with van der Waals surface area (Å²) in [5.41, 5.74) is 2.30. The van der Waals surface area contributed by atoms with Crippen LogP contribution in [0.1, 0.15) is 24.5 Å². The first-order valence-electron chi connectivity index (χ1n) is 8.47. The Morgan fingerprint density at radius 1 is 1.12 bits per heavy atom. The smallest absolute Gasteiger partial charge is 0.257 e. The minimum absolute atomic E-state index is 0.0232. The molecule has 2 aromatic carbocycles. The van der Waals surface area contributed by atoms with Gasteiger partial charge in [0.15, 0.2) is 18.1 Å². The summed E-state index contributed by atoms with van der Waals surface area (Å²) in [6.07, 6.45) is 5.78. The van der Waals surface area contributed by atoms with Crippen LogP contribution < -0.4 is 14.8 Å². The number of allylic oxidation sites excluding steroid dienone is 1. The van der Waals surface area contributed by atoms with E-state index >= 15 is 0 Å². The van der Waals surface area contributed by atoms with Gasteiger partial charge >= 0.3 is 0 Å². The van der Waals surface area contributed by atoms with Crippen molar-refractivity contribution in [2.45, 2.75) is 19.8 Å². The summed E-state index contributed by atoms with van der Waals surface area (Å²) in [5, 5.41) is 2.88. The largest absolute Gasteiger partial charge is 0.493 e. The van der Waals surface area contributed by atoms with Crippen LogP contribution in [0.2, 0.25) is 0 Å². The van der Waals surface area contributed by atoms with Gasteiger partial charge in [0.2, 0.25) is 0 Å². The average molecular weight is 339 g/mol. The first-order chi connectivity index (χ1) is 12.2. The van der Waals surface area contributed by atoms with Gasteiger partial charge in [0.25, 0.3) is 5.91 Å². The summed E-state index contributed by atoms with van der Waals surface area (Å²) in [4.78, 5) is 11.9. The molecule has 25 heavy (non-hydrogen) atoms. The van der Waals surface area contributed by atoms with Crippen molar-refractivity contribution in [1.29, 1.82) is 0 Å². The molecule has 132 valence electrons. The topological polar surface area (TPSA) is 47.6 Å². The summed E-state index contributed by atoms with van der Waals surface area (Å²) in [6, 6.07) is 15.9. The number of aryl methyl sites for hydroxylation is 1. The van der Waals surface area contributed by atoms with Crippen molar-refractivity contribution in [3.63, 3.8) is 0 Å². The molecule has 1 amide bonds. The molecule has 2 rings (SSSR count). The predicted octanol–water partition coefficient (Wildman–Crippen LogP) is 3.86. The second-order valence-electron chi connectivity index (χ2n) is 5.64. The van der Waals surface area contributed by atoms with E-state index in [1.165, 1.54) is 5.56 Å². The highest BCUT2D eigenvalue weighted by atomic mass is 16.5. The zero-order chi connectivity index (χ0) is 17.9. The minimum atomic E-state index is -0.132. The summed E-state index contributed by atoms with van der Waals surface area (Å²) >= 11 is 0. The number of amides is 1. The number of benzene rings is 2. The van der Waals surface area contributed by atoms with Crippen molar-refractivity contribution in [3.8, 4) is 11.5 Å². The highest BCUT2D eigenvalue weighted by Crippen LogP contribution is 2.28. The van der Waals surface area contributed by atoms with Crippen LogP contribution in [0.25, 0.3) is 6.08 Å². The molecule has 4 nitrogen and oxygen atoms in total. The van der Waals surface area contributed by atoms with Gasteiger partial charge in [-0.1, -0.05) is 48.6 Å². The van der Waals surface area contributed by atoms with Crippen LogP contribution in [0, 0.1) is 0 Å². The van der Waals surface area contributed by atoms with Crippen LogP contribution in [-0.4, -0.2) is 26.2 Å². The second kappa shape index (κ2) is 10.2. The highest BCUT2D eigenvalue weighted by Gasteiger charge is 2.08. The van der Waals surface area contributed by atoms with Gasteiger partial charge in [-0.2, -0.15) is 0 Å². The molecule has 0 aliphatic rings. The predicted molar refractivity (Wildman–Crippen MR) is 101 cm³/mol. The molecule has 1 N–H and O–H groups in total. The minimum Gasteiger partial charge on any atom is -0.493 e. The Balaban J connectivity index is 1.74. The number of nitrogens with one attached hydrogen (secondary N) is 1. The third-order valence-electron chi connectivity index (χ3n) is 3.71. The molecule has 0 aromatic heterocycles. The molecule has 0 saturated carbocycles. The van der Waals surface area contributed by atoms with E-state index in [4.69, 9.17) is 9.47 Å². The molecule has 0 atom stereocenters. The van der Waals surface area contributed by atoms with Crippen molar-refractivity contribution >= 4 is 12.0 Å². The molecule has 2 aromatic rings. The van der Waals surface area contributed by atoms with Gasteiger partial charge in [0, 0.05) is 6.54 Å². The third-order valence-corrected chi connectivity index (χ3v) is 3.71. The maximum Gasteiger partial charge on any atom is 0.257 e. The fourth-order valence-corrected chi connectivity index (χ4v) is 2.46. The molecular weight excluding hydrogens is 314 g/mol. The lowest BCUT2D eigenvalue weighted by Crippen LogP contribution is -2.30. The number of ether oxygens (including phenoxy) is 2. The number of methoxy groups -OCH3 is 1. The van der Waals surface area contributed by atoms with Crippen molar-refractivity contribution < 1.29 is 14.3 Å². The molecule has 0 aliphatic heterocycles. The van der Waals surface area contributed by atoms with E-state index in [2.05, 4.69) is 17.4 Å². The molecule has 0 fully saturated rings. The number of rotatable bonds is 9. The maximum absolute atomic E-state index is 11.9. The number of carbonyl (C=O) groups is 1. The Hall–Kier alpha value is -2.75. The van der Waals surface area contributed by atoms with Crippen molar-refractivity contribution in [1.82, 2.24) is 5.32 Å². The summed E-state index contributed by atoms with van der Waals surface area (Å²) < 4.78 is 10.9. The number of hydrogen-bond acceptors (Lipinski definition) is 3. The fraction of sp³-hybridized carbons (Fsp3) is 0.286. The highest BCUT2D eigenvalue weighted by molar-refractivity contribution is 5.77. The molecule has 0 spiro atoms. The Morgan fingerprint density at radius 3 is 2.64 bits per heavy atom. The standard InChI is InChI=1S/C21H25NO3/c1-3-8-18-12-13-19(20(15-18)24-2)25-16-21(23)22-14-7-11-17-9-5-4-6-10-17/h3-6,8-10,12-13,15H,7,11,14,16H2,1-2H3,(H,22,23). The lowest BCUT2D eigenvalue weighted by molar-refractivity contribution is -0.123. The van der Waals surface area contributed by atoms with E-state index in [-0.39, 0.29) is 12.5 Å². The summed E-state index contributed by atoms with van der Waals surface area (Å²) in [5.74, 6) is 1.05. The monoisotopic (exact) mass is 339 g/mol. The molecule has 0 aliphatic carbocycles.